The van der Waals surface area contributed by atoms with Crippen LogP contribution in [-0.4, -0.2) is 22.6 Å². The molecule has 0 aliphatic carbocycles. The van der Waals surface area contributed by atoms with Gasteiger partial charge in [-0.1, -0.05) is 72.8 Å². The van der Waals surface area contributed by atoms with Crippen molar-refractivity contribution in [2.45, 2.75) is 12.8 Å². The number of allylic oxidation sites excluding steroid dienone is 2. The average molecular weight is 349 g/mol. The topological polar surface area (TPSA) is 37.4 Å². The summed E-state index contributed by atoms with van der Waals surface area (Å²) >= 11 is 1.01. The Morgan fingerprint density at radius 2 is 1.60 bits per heavy atom. The number of hydrogen-bond donors (Lipinski definition) is 0. The number of aryl methyl sites for hydroxylation is 1. The highest BCUT2D eigenvalue weighted by Gasteiger charge is 2.34. The van der Waals surface area contributed by atoms with Crippen molar-refractivity contribution < 1.29 is 9.59 Å². The van der Waals surface area contributed by atoms with Gasteiger partial charge in [0.1, 0.15) is 0 Å². The summed E-state index contributed by atoms with van der Waals surface area (Å²) in [4.78, 5) is 26.3. The Balaban J connectivity index is 1.56. The van der Waals surface area contributed by atoms with Crippen molar-refractivity contribution in [3.63, 3.8) is 0 Å². The standard InChI is InChI=1S/C21H19NO2S/c23-20-19(15-7-13-17-9-3-1-4-10-17)25-21(24)22(20)16-8-14-18-11-5-2-6-12-18/h1-7,9-13,15H,8,14,16H2/b13-7+,19-15-. The van der Waals surface area contributed by atoms with Gasteiger partial charge in [0.2, 0.25) is 0 Å². The number of thioether (sulfide) groups is 1. The number of imide groups is 1. The maximum absolute atomic E-state index is 12.4. The molecule has 1 fully saturated rings. The van der Waals surface area contributed by atoms with E-state index in [1.54, 1.807) is 6.08 Å². The molecule has 4 heteroatoms. The minimum atomic E-state index is -0.194. The molecule has 0 unspecified atom stereocenters. The summed E-state index contributed by atoms with van der Waals surface area (Å²) < 4.78 is 0. The zero-order valence-corrected chi connectivity index (χ0v) is 14.6. The molecule has 1 aliphatic rings. The van der Waals surface area contributed by atoms with Gasteiger partial charge in [-0.3, -0.25) is 14.5 Å². The largest absolute Gasteiger partial charge is 0.293 e. The van der Waals surface area contributed by atoms with Gasteiger partial charge in [-0.05, 0) is 41.8 Å². The van der Waals surface area contributed by atoms with Gasteiger partial charge in [-0.25, -0.2) is 0 Å². The third-order valence-corrected chi connectivity index (χ3v) is 4.83. The zero-order valence-electron chi connectivity index (χ0n) is 13.8. The predicted molar refractivity (Wildman–Crippen MR) is 103 cm³/mol. The summed E-state index contributed by atoms with van der Waals surface area (Å²) in [6.07, 6.45) is 7.08. The minimum Gasteiger partial charge on any atom is -0.268 e. The molecule has 0 N–H and O–H groups in total. The molecule has 2 aromatic carbocycles. The summed E-state index contributed by atoms with van der Waals surface area (Å²) in [5.41, 5.74) is 2.27. The Labute approximate surface area is 152 Å². The number of rotatable bonds is 6. The number of benzene rings is 2. The van der Waals surface area contributed by atoms with Crippen molar-refractivity contribution in [3.05, 3.63) is 88.8 Å². The smallest absolute Gasteiger partial charge is 0.268 e. The average Bonchev–Trinajstić information content (AvgIpc) is 2.91. The fraction of sp³-hybridized carbons (Fsp3) is 0.143. The fourth-order valence-electron chi connectivity index (χ4n) is 2.60. The van der Waals surface area contributed by atoms with Crippen LogP contribution < -0.4 is 0 Å². The normalized spacial score (nSPS) is 16.3. The molecule has 0 saturated carbocycles. The van der Waals surface area contributed by atoms with Crippen molar-refractivity contribution >= 4 is 29.0 Å². The van der Waals surface area contributed by atoms with Crippen molar-refractivity contribution in [3.8, 4) is 0 Å². The number of nitrogens with zero attached hydrogens (tertiary/aromatic N) is 1. The van der Waals surface area contributed by atoms with E-state index >= 15 is 0 Å². The maximum Gasteiger partial charge on any atom is 0.293 e. The van der Waals surface area contributed by atoms with Crippen LogP contribution >= 0.6 is 11.8 Å². The summed E-state index contributed by atoms with van der Waals surface area (Å²) in [6.45, 7) is 0.458. The van der Waals surface area contributed by atoms with Crippen LogP contribution in [0, 0.1) is 0 Å². The summed E-state index contributed by atoms with van der Waals surface area (Å²) in [5, 5.41) is -0.183. The molecule has 0 atom stereocenters. The first-order chi connectivity index (χ1) is 12.2. The van der Waals surface area contributed by atoms with Crippen LogP contribution in [0.1, 0.15) is 17.5 Å². The van der Waals surface area contributed by atoms with Gasteiger partial charge in [0.05, 0.1) is 4.91 Å². The molecule has 2 amide bonds. The van der Waals surface area contributed by atoms with E-state index in [0.29, 0.717) is 11.4 Å². The van der Waals surface area contributed by atoms with Crippen LogP contribution in [0.15, 0.2) is 77.7 Å². The Hall–Kier alpha value is -2.59. The van der Waals surface area contributed by atoms with Crippen molar-refractivity contribution in [2.75, 3.05) is 6.54 Å². The second-order valence-electron chi connectivity index (χ2n) is 5.71. The lowest BCUT2D eigenvalue weighted by Gasteiger charge is -2.11. The minimum absolute atomic E-state index is 0.183. The van der Waals surface area contributed by atoms with Crippen LogP contribution in [-0.2, 0) is 11.2 Å². The second-order valence-corrected chi connectivity index (χ2v) is 6.71. The predicted octanol–water partition coefficient (Wildman–Crippen LogP) is 4.91. The SMILES string of the molecule is O=C1S/C(=C\C=C\c2ccccc2)C(=O)N1CCCc1ccccc1. The van der Waals surface area contributed by atoms with Crippen LogP contribution in [0.4, 0.5) is 4.79 Å². The van der Waals surface area contributed by atoms with Gasteiger partial charge >= 0.3 is 0 Å². The third kappa shape index (κ3) is 4.70. The van der Waals surface area contributed by atoms with Crippen molar-refractivity contribution in [1.82, 2.24) is 4.90 Å². The molecule has 1 aliphatic heterocycles. The van der Waals surface area contributed by atoms with Crippen molar-refractivity contribution in [2.24, 2.45) is 0 Å². The molecule has 25 heavy (non-hydrogen) atoms. The number of amides is 2. The number of carbonyl (C=O) groups is 2. The lowest BCUT2D eigenvalue weighted by Crippen LogP contribution is -2.29. The first-order valence-electron chi connectivity index (χ1n) is 8.25. The molecule has 1 heterocycles. The molecule has 1 saturated heterocycles. The molecule has 2 aromatic rings. The molecule has 0 aromatic heterocycles. The fourth-order valence-corrected chi connectivity index (χ4v) is 3.42. The van der Waals surface area contributed by atoms with E-state index in [9.17, 15) is 9.59 Å². The van der Waals surface area contributed by atoms with E-state index in [-0.39, 0.29) is 11.1 Å². The lowest BCUT2D eigenvalue weighted by atomic mass is 10.1. The summed E-state index contributed by atoms with van der Waals surface area (Å²) in [6, 6.07) is 19.9. The van der Waals surface area contributed by atoms with Gasteiger partial charge in [-0.2, -0.15) is 0 Å². The first kappa shape index (κ1) is 17.2. The summed E-state index contributed by atoms with van der Waals surface area (Å²) in [5.74, 6) is -0.194. The highest BCUT2D eigenvalue weighted by Crippen LogP contribution is 2.30. The second kappa shape index (κ2) is 8.49. The Morgan fingerprint density at radius 1 is 0.920 bits per heavy atom. The van der Waals surface area contributed by atoms with Crippen LogP contribution in [0.2, 0.25) is 0 Å². The maximum atomic E-state index is 12.4. The molecule has 3 rings (SSSR count). The number of hydrogen-bond acceptors (Lipinski definition) is 3. The molecule has 0 spiro atoms. The van der Waals surface area contributed by atoms with E-state index < -0.39 is 0 Å². The van der Waals surface area contributed by atoms with Crippen molar-refractivity contribution in [1.29, 1.82) is 0 Å². The molecule has 3 nitrogen and oxygen atoms in total. The van der Waals surface area contributed by atoms with E-state index in [2.05, 4.69) is 12.1 Å². The quantitative estimate of drug-likeness (QED) is 0.695. The molecule has 0 bridgehead atoms. The van der Waals surface area contributed by atoms with E-state index in [4.69, 9.17) is 0 Å². The highest BCUT2D eigenvalue weighted by atomic mass is 32.2. The van der Waals surface area contributed by atoms with E-state index in [1.807, 2.05) is 60.7 Å². The molecular weight excluding hydrogens is 330 g/mol. The number of carbonyl (C=O) groups excluding carboxylic acids is 2. The third-order valence-electron chi connectivity index (χ3n) is 3.90. The van der Waals surface area contributed by atoms with Gasteiger partial charge < -0.3 is 0 Å². The van der Waals surface area contributed by atoms with E-state index in [0.717, 1.165) is 30.2 Å². The molecule has 126 valence electrons. The lowest BCUT2D eigenvalue weighted by molar-refractivity contribution is -0.122. The summed E-state index contributed by atoms with van der Waals surface area (Å²) in [7, 11) is 0. The Bertz CT molecular complexity index is 797. The van der Waals surface area contributed by atoms with Gasteiger partial charge in [0.25, 0.3) is 11.1 Å². The zero-order chi connectivity index (χ0) is 17.5. The Kier molecular flexibility index (Phi) is 5.86. The van der Waals surface area contributed by atoms with Gasteiger partial charge in [0, 0.05) is 6.54 Å². The molecule has 0 radical (unpaired) electrons. The van der Waals surface area contributed by atoms with Crippen LogP contribution in [0.25, 0.3) is 6.08 Å². The van der Waals surface area contributed by atoms with Gasteiger partial charge in [0.15, 0.2) is 0 Å². The van der Waals surface area contributed by atoms with E-state index in [1.165, 1.54) is 10.5 Å². The van der Waals surface area contributed by atoms with Crippen LogP contribution in [0.3, 0.4) is 0 Å². The highest BCUT2D eigenvalue weighted by molar-refractivity contribution is 8.18. The first-order valence-corrected chi connectivity index (χ1v) is 9.07. The van der Waals surface area contributed by atoms with Crippen LogP contribution in [0.5, 0.6) is 0 Å². The Morgan fingerprint density at radius 3 is 2.32 bits per heavy atom. The monoisotopic (exact) mass is 349 g/mol. The van der Waals surface area contributed by atoms with Gasteiger partial charge in [-0.15, -0.1) is 0 Å². The molecular formula is C21H19NO2S.